The molecule has 0 unspecified atom stereocenters. The van der Waals surface area contributed by atoms with Gasteiger partial charge in [-0.2, -0.15) is 18.3 Å². The number of carbonyl (C=O) groups is 4. The molecule has 0 aliphatic carbocycles. The Morgan fingerprint density at radius 1 is 1.02 bits per heavy atom. The normalized spacial score (nSPS) is 13.2. The molecule has 0 radical (unpaired) electrons. The van der Waals surface area contributed by atoms with Crippen LogP contribution in [0.4, 0.5) is 13.2 Å². The Hall–Kier alpha value is -5.21. The Morgan fingerprint density at radius 2 is 1.62 bits per heavy atom. The predicted molar refractivity (Wildman–Crippen MR) is 142 cm³/mol. The van der Waals surface area contributed by atoms with Crippen LogP contribution >= 0.6 is 0 Å². The van der Waals surface area contributed by atoms with Gasteiger partial charge in [-0.25, -0.2) is 4.79 Å². The van der Waals surface area contributed by atoms with Crippen LogP contribution < -0.4 is 11.1 Å². The summed E-state index contributed by atoms with van der Waals surface area (Å²) in [6.07, 6.45) is -2.60. The minimum atomic E-state index is -5.08. The molecule has 3 aromatic rings. The van der Waals surface area contributed by atoms with Crippen molar-refractivity contribution in [2.45, 2.75) is 38.1 Å². The number of carbonyl (C=O) groups excluding carboxylic acids is 2. The Morgan fingerprint density at radius 3 is 2.17 bits per heavy atom. The molecule has 0 saturated carbocycles. The standard InChI is InChI=1S/C25H26N6O4.C2HF3O2/c26-23(27)17-6-8-18(9-7-17)24(34)28-21(12-16-4-2-1-3-5-16)25(35)30-11-10-20-19(13-30)14-31(29-20)15-22(32)33;3-2(4,5)1(6)7/h1-9,14,21H,10-13,15H2,(H3,26,27)(H,28,34)(H,32,33);(H,6,7)/t21-;/m0./s1. The number of nitrogens with zero attached hydrogens (tertiary/aromatic N) is 3. The predicted octanol–water partition coefficient (Wildman–Crippen LogP) is 1.81. The maximum absolute atomic E-state index is 13.6. The first-order valence-electron chi connectivity index (χ1n) is 12.4. The van der Waals surface area contributed by atoms with E-state index in [2.05, 4.69) is 10.4 Å². The van der Waals surface area contributed by atoms with Gasteiger partial charge in [0.1, 0.15) is 18.4 Å². The lowest BCUT2D eigenvalue weighted by molar-refractivity contribution is -0.192. The Labute approximate surface area is 237 Å². The zero-order valence-electron chi connectivity index (χ0n) is 22.0. The number of carboxylic acids is 2. The van der Waals surface area contributed by atoms with Gasteiger partial charge in [-0.05, 0) is 17.7 Å². The van der Waals surface area contributed by atoms with Gasteiger partial charge in [0.25, 0.3) is 5.91 Å². The smallest absolute Gasteiger partial charge is 0.480 e. The van der Waals surface area contributed by atoms with Crippen LogP contribution in [0.3, 0.4) is 0 Å². The number of amidine groups is 1. The van der Waals surface area contributed by atoms with Crippen LogP contribution in [0.1, 0.15) is 32.7 Å². The fourth-order valence-electron chi connectivity index (χ4n) is 4.09. The fraction of sp³-hybridized carbons (Fsp3) is 0.259. The van der Waals surface area contributed by atoms with Crippen molar-refractivity contribution in [2.24, 2.45) is 5.73 Å². The quantitative estimate of drug-likeness (QED) is 0.194. The zero-order chi connectivity index (χ0) is 31.0. The molecule has 2 aromatic carbocycles. The van der Waals surface area contributed by atoms with E-state index in [1.54, 1.807) is 35.4 Å². The molecule has 6 N–H and O–H groups in total. The molecular weight excluding hydrogens is 561 g/mol. The maximum Gasteiger partial charge on any atom is 0.490 e. The molecule has 222 valence electrons. The second-order valence-corrected chi connectivity index (χ2v) is 9.21. The summed E-state index contributed by atoms with van der Waals surface area (Å²) < 4.78 is 33.1. The van der Waals surface area contributed by atoms with Gasteiger partial charge in [0.15, 0.2) is 0 Å². The van der Waals surface area contributed by atoms with Gasteiger partial charge in [-0.15, -0.1) is 0 Å². The first-order chi connectivity index (χ1) is 19.7. The molecule has 0 spiro atoms. The lowest BCUT2D eigenvalue weighted by atomic mass is 10.0. The Kier molecular flexibility index (Phi) is 10.0. The number of alkyl halides is 3. The number of nitrogens with two attached hydrogens (primary N) is 1. The number of hydrogen-bond acceptors (Lipinski definition) is 6. The van der Waals surface area contributed by atoms with Crippen molar-refractivity contribution in [3.05, 3.63) is 88.7 Å². The van der Waals surface area contributed by atoms with E-state index in [0.29, 0.717) is 37.1 Å². The number of amides is 2. The van der Waals surface area contributed by atoms with Gasteiger partial charge in [0.2, 0.25) is 5.91 Å². The van der Waals surface area contributed by atoms with E-state index in [0.717, 1.165) is 16.8 Å². The van der Waals surface area contributed by atoms with Crippen molar-refractivity contribution in [1.29, 1.82) is 5.41 Å². The highest BCUT2D eigenvalue weighted by Crippen LogP contribution is 2.19. The Balaban J connectivity index is 0.000000616. The first kappa shape index (κ1) is 31.3. The highest BCUT2D eigenvalue weighted by Gasteiger charge is 2.38. The molecule has 1 aliphatic rings. The Bertz CT molecular complexity index is 1460. The number of carboxylic acid groups (broad SMARTS) is 2. The average molecular weight is 589 g/mol. The van der Waals surface area contributed by atoms with Crippen LogP contribution in [0.5, 0.6) is 0 Å². The van der Waals surface area contributed by atoms with Crippen molar-refractivity contribution in [1.82, 2.24) is 20.0 Å². The molecule has 15 heteroatoms. The summed E-state index contributed by atoms with van der Waals surface area (Å²) in [5.41, 5.74) is 8.84. The SMILES string of the molecule is N=C(N)c1ccc(C(=O)N[C@@H](Cc2ccccc2)C(=O)N2CCc3nn(CC(=O)O)cc3C2)cc1.O=C(O)C(F)(F)F. The number of halogens is 3. The van der Waals surface area contributed by atoms with E-state index < -0.39 is 30.1 Å². The molecule has 12 nitrogen and oxygen atoms in total. The van der Waals surface area contributed by atoms with Gasteiger partial charge in [0.05, 0.1) is 5.69 Å². The second-order valence-electron chi connectivity index (χ2n) is 9.21. The highest BCUT2D eigenvalue weighted by molar-refractivity contribution is 5.99. The van der Waals surface area contributed by atoms with Gasteiger partial charge in [-0.3, -0.25) is 24.5 Å². The molecule has 2 heterocycles. The van der Waals surface area contributed by atoms with Gasteiger partial charge >= 0.3 is 18.1 Å². The number of aromatic nitrogens is 2. The summed E-state index contributed by atoms with van der Waals surface area (Å²) in [6.45, 7) is 0.475. The van der Waals surface area contributed by atoms with E-state index in [4.69, 9.17) is 26.2 Å². The fourth-order valence-corrected chi connectivity index (χ4v) is 4.09. The van der Waals surface area contributed by atoms with E-state index >= 15 is 0 Å². The van der Waals surface area contributed by atoms with E-state index in [9.17, 15) is 27.6 Å². The second kappa shape index (κ2) is 13.4. The number of hydrogen-bond donors (Lipinski definition) is 5. The van der Waals surface area contributed by atoms with E-state index in [-0.39, 0.29) is 18.3 Å². The van der Waals surface area contributed by atoms with E-state index in [1.807, 2.05) is 30.3 Å². The first-order valence-corrected chi connectivity index (χ1v) is 12.4. The van der Waals surface area contributed by atoms with Crippen molar-refractivity contribution in [3.63, 3.8) is 0 Å². The van der Waals surface area contributed by atoms with Crippen molar-refractivity contribution < 1.29 is 42.6 Å². The monoisotopic (exact) mass is 588 g/mol. The topological polar surface area (TPSA) is 192 Å². The summed E-state index contributed by atoms with van der Waals surface area (Å²) in [4.78, 5) is 48.1. The maximum atomic E-state index is 13.6. The molecule has 1 atom stereocenters. The number of aliphatic carboxylic acids is 2. The molecule has 1 aliphatic heterocycles. The van der Waals surface area contributed by atoms with Crippen molar-refractivity contribution >= 4 is 29.6 Å². The minimum absolute atomic E-state index is 0.0924. The molecule has 1 aromatic heterocycles. The lowest BCUT2D eigenvalue weighted by Gasteiger charge is -2.30. The highest BCUT2D eigenvalue weighted by atomic mass is 19.4. The van der Waals surface area contributed by atoms with Gasteiger partial charge in [-0.1, -0.05) is 42.5 Å². The van der Waals surface area contributed by atoms with Crippen LogP contribution in [0.2, 0.25) is 0 Å². The third-order valence-corrected chi connectivity index (χ3v) is 6.10. The van der Waals surface area contributed by atoms with Crippen LogP contribution in [0.15, 0.2) is 60.8 Å². The molecule has 0 bridgehead atoms. The minimum Gasteiger partial charge on any atom is -0.480 e. The molecule has 4 rings (SSSR count). The molecule has 0 saturated heterocycles. The number of nitrogen functional groups attached to an aromatic ring is 1. The average Bonchev–Trinajstić information content (AvgIpc) is 3.33. The summed E-state index contributed by atoms with van der Waals surface area (Å²) in [5.74, 6) is -4.46. The summed E-state index contributed by atoms with van der Waals surface area (Å²) in [7, 11) is 0. The van der Waals surface area contributed by atoms with Crippen LogP contribution in [0, 0.1) is 5.41 Å². The van der Waals surface area contributed by atoms with Crippen LogP contribution in [-0.2, 0) is 40.3 Å². The van der Waals surface area contributed by atoms with Crippen molar-refractivity contribution in [3.8, 4) is 0 Å². The molecule has 0 fully saturated rings. The molecular formula is C27H27F3N6O6. The molecule has 2 amide bonds. The number of benzene rings is 2. The van der Waals surface area contributed by atoms with Gasteiger partial charge in [0, 0.05) is 48.8 Å². The molecule has 42 heavy (non-hydrogen) atoms. The largest absolute Gasteiger partial charge is 0.490 e. The van der Waals surface area contributed by atoms with Crippen LogP contribution in [-0.4, -0.2) is 73.2 Å². The lowest BCUT2D eigenvalue weighted by Crippen LogP contribution is -2.50. The van der Waals surface area contributed by atoms with Gasteiger partial charge < -0.3 is 26.2 Å². The summed E-state index contributed by atoms with van der Waals surface area (Å²) >= 11 is 0. The zero-order valence-corrected chi connectivity index (χ0v) is 22.0. The number of fused-ring (bicyclic) bond motifs is 1. The summed E-state index contributed by atoms with van der Waals surface area (Å²) in [6, 6.07) is 15.0. The van der Waals surface area contributed by atoms with Crippen molar-refractivity contribution in [2.75, 3.05) is 6.54 Å². The summed E-state index contributed by atoms with van der Waals surface area (Å²) in [5, 5.41) is 30.8. The third kappa shape index (κ3) is 8.64. The number of nitrogens with one attached hydrogen (secondary N) is 2. The van der Waals surface area contributed by atoms with Crippen LogP contribution in [0.25, 0.3) is 0 Å². The van der Waals surface area contributed by atoms with E-state index in [1.165, 1.54) is 4.68 Å². The number of rotatable bonds is 8. The third-order valence-electron chi connectivity index (χ3n) is 6.10.